The smallest absolute Gasteiger partial charge is 0.191 e. The van der Waals surface area contributed by atoms with Gasteiger partial charge in [-0.15, -0.1) is 24.0 Å². The lowest BCUT2D eigenvalue weighted by atomic mass is 10.1. The molecule has 0 radical (unpaired) electrons. The lowest BCUT2D eigenvalue weighted by molar-refractivity contribution is 0.629. The quantitative estimate of drug-likeness (QED) is 0.188. The lowest BCUT2D eigenvalue weighted by Crippen LogP contribution is -2.38. The Hall–Kier alpha value is -2.88. The summed E-state index contributed by atoms with van der Waals surface area (Å²) in [6.45, 7) is 4.02. The summed E-state index contributed by atoms with van der Waals surface area (Å²) in [7, 11) is 0. The predicted octanol–water partition coefficient (Wildman–Crippen LogP) is 4.41. The van der Waals surface area contributed by atoms with Crippen LogP contribution in [-0.2, 0) is 13.0 Å². The fourth-order valence-corrected chi connectivity index (χ4v) is 3.35. The molecular formula is C23H26FIN6. The van der Waals surface area contributed by atoms with Gasteiger partial charge >= 0.3 is 0 Å². The van der Waals surface area contributed by atoms with Crippen molar-refractivity contribution in [1.82, 2.24) is 25.4 Å². The molecular weight excluding hydrogens is 506 g/mol. The van der Waals surface area contributed by atoms with Crippen molar-refractivity contribution in [3.63, 3.8) is 0 Å². The number of aliphatic imine (C=N–C) groups is 1. The zero-order chi connectivity index (χ0) is 20.8. The molecule has 0 amide bonds. The third-order valence-electron chi connectivity index (χ3n) is 4.82. The number of nitrogens with zero attached hydrogens (tertiary/aromatic N) is 3. The summed E-state index contributed by atoms with van der Waals surface area (Å²) in [6.07, 6.45) is 4.69. The zero-order valence-electron chi connectivity index (χ0n) is 17.3. The average molecular weight is 532 g/mol. The summed E-state index contributed by atoms with van der Waals surface area (Å²) < 4.78 is 15.2. The van der Waals surface area contributed by atoms with Crippen molar-refractivity contribution in [2.24, 2.45) is 4.99 Å². The number of hydrogen-bond acceptors (Lipinski definition) is 2. The Balaban J connectivity index is 0.00000272. The number of aromatic amines is 1. The largest absolute Gasteiger partial charge is 0.361 e. The highest BCUT2D eigenvalue weighted by molar-refractivity contribution is 14.0. The molecule has 0 aliphatic rings. The predicted molar refractivity (Wildman–Crippen MR) is 134 cm³/mol. The molecule has 31 heavy (non-hydrogen) atoms. The number of nitrogens with one attached hydrogen (secondary N) is 3. The maximum Gasteiger partial charge on any atom is 0.191 e. The molecule has 4 aromatic rings. The maximum atomic E-state index is 13.3. The van der Waals surface area contributed by atoms with E-state index < -0.39 is 0 Å². The first kappa shape index (κ1) is 22.8. The first-order chi connectivity index (χ1) is 14.7. The second kappa shape index (κ2) is 10.9. The molecule has 0 bridgehead atoms. The van der Waals surface area contributed by atoms with E-state index in [0.717, 1.165) is 46.8 Å². The Morgan fingerprint density at radius 1 is 1.13 bits per heavy atom. The van der Waals surface area contributed by atoms with Gasteiger partial charge in [0.2, 0.25) is 0 Å². The van der Waals surface area contributed by atoms with Gasteiger partial charge in [-0.3, -0.25) is 0 Å². The van der Waals surface area contributed by atoms with Crippen LogP contribution in [0.1, 0.15) is 18.2 Å². The molecule has 0 spiro atoms. The van der Waals surface area contributed by atoms with Gasteiger partial charge in [0.1, 0.15) is 5.82 Å². The van der Waals surface area contributed by atoms with E-state index in [1.807, 2.05) is 66.5 Å². The Labute approximate surface area is 198 Å². The Morgan fingerprint density at radius 2 is 1.97 bits per heavy atom. The van der Waals surface area contributed by atoms with Crippen molar-refractivity contribution in [3.05, 3.63) is 84.1 Å². The van der Waals surface area contributed by atoms with Crippen LogP contribution in [-0.4, -0.2) is 33.8 Å². The molecule has 6 nitrogen and oxygen atoms in total. The molecule has 2 heterocycles. The van der Waals surface area contributed by atoms with E-state index in [9.17, 15) is 4.39 Å². The number of fused-ring (bicyclic) bond motifs is 1. The summed E-state index contributed by atoms with van der Waals surface area (Å²) >= 11 is 0. The second-order valence-electron chi connectivity index (χ2n) is 6.96. The van der Waals surface area contributed by atoms with E-state index in [-0.39, 0.29) is 29.8 Å². The van der Waals surface area contributed by atoms with Crippen LogP contribution in [0.3, 0.4) is 0 Å². The van der Waals surface area contributed by atoms with E-state index in [0.29, 0.717) is 13.1 Å². The summed E-state index contributed by atoms with van der Waals surface area (Å²) in [5.41, 5.74) is 3.89. The molecule has 8 heteroatoms. The van der Waals surface area contributed by atoms with Crippen LogP contribution in [0.15, 0.2) is 72.0 Å². The van der Waals surface area contributed by atoms with E-state index in [2.05, 4.69) is 25.7 Å². The molecule has 0 saturated carbocycles. The number of H-pyrrole nitrogens is 1. The minimum Gasteiger partial charge on any atom is -0.361 e. The van der Waals surface area contributed by atoms with Crippen molar-refractivity contribution < 1.29 is 4.39 Å². The standard InChI is InChI=1S/C23H25FN6.HI/c1-2-25-23(26-12-10-17-15-27-22-14-18(24)8-9-21(17)22)28-16-19-11-13-30(29-19)20-6-4-3-5-7-20;/h3-9,11,13-15,27H,2,10,12,16H2,1H3,(H2,25,26,28);1H. The molecule has 0 fully saturated rings. The molecule has 0 aliphatic heterocycles. The van der Waals surface area contributed by atoms with Crippen LogP contribution in [0.2, 0.25) is 0 Å². The van der Waals surface area contributed by atoms with Gasteiger partial charge < -0.3 is 15.6 Å². The fraction of sp³-hybridized carbons (Fsp3) is 0.217. The highest BCUT2D eigenvalue weighted by atomic mass is 127. The third kappa shape index (κ3) is 5.84. The van der Waals surface area contributed by atoms with Gasteiger partial charge in [-0.1, -0.05) is 18.2 Å². The third-order valence-corrected chi connectivity index (χ3v) is 4.82. The van der Waals surface area contributed by atoms with Gasteiger partial charge in [0, 0.05) is 36.4 Å². The molecule has 2 aromatic heterocycles. The lowest BCUT2D eigenvalue weighted by Gasteiger charge is -2.10. The number of rotatable bonds is 7. The molecule has 0 atom stereocenters. The topological polar surface area (TPSA) is 70.0 Å². The highest BCUT2D eigenvalue weighted by Gasteiger charge is 2.06. The van der Waals surface area contributed by atoms with Crippen molar-refractivity contribution in [3.8, 4) is 5.69 Å². The van der Waals surface area contributed by atoms with Gasteiger partial charge in [-0.25, -0.2) is 14.1 Å². The maximum absolute atomic E-state index is 13.3. The molecule has 3 N–H and O–H groups in total. The molecule has 0 unspecified atom stereocenters. The first-order valence-electron chi connectivity index (χ1n) is 10.1. The van der Waals surface area contributed by atoms with Gasteiger partial charge in [0.15, 0.2) is 5.96 Å². The Morgan fingerprint density at radius 3 is 2.77 bits per heavy atom. The minimum absolute atomic E-state index is 0. The van der Waals surface area contributed by atoms with Crippen LogP contribution < -0.4 is 10.6 Å². The van der Waals surface area contributed by atoms with Crippen LogP contribution >= 0.6 is 24.0 Å². The van der Waals surface area contributed by atoms with Crippen LogP contribution in [0.4, 0.5) is 4.39 Å². The number of guanidine groups is 1. The molecule has 2 aromatic carbocycles. The van der Waals surface area contributed by atoms with Gasteiger partial charge in [-0.2, -0.15) is 5.10 Å². The number of hydrogen-bond donors (Lipinski definition) is 3. The van der Waals surface area contributed by atoms with Gasteiger partial charge in [0.25, 0.3) is 0 Å². The fourth-order valence-electron chi connectivity index (χ4n) is 3.35. The number of halogens is 2. The van der Waals surface area contributed by atoms with E-state index in [1.165, 1.54) is 12.1 Å². The SMILES string of the molecule is CCNC(=NCc1ccn(-c2ccccc2)n1)NCCc1c[nH]c2cc(F)ccc12.I. The monoisotopic (exact) mass is 532 g/mol. The zero-order valence-corrected chi connectivity index (χ0v) is 19.6. The van der Waals surface area contributed by atoms with Gasteiger partial charge in [-0.05, 0) is 55.3 Å². The van der Waals surface area contributed by atoms with Crippen molar-refractivity contribution in [1.29, 1.82) is 0 Å². The minimum atomic E-state index is -0.231. The Bertz CT molecular complexity index is 1140. The number of para-hydroxylation sites is 1. The average Bonchev–Trinajstić information content (AvgIpc) is 3.40. The summed E-state index contributed by atoms with van der Waals surface area (Å²) in [5, 5.41) is 12.3. The molecule has 4 rings (SSSR count). The second-order valence-corrected chi connectivity index (χ2v) is 6.96. The number of aromatic nitrogens is 3. The van der Waals surface area contributed by atoms with Crippen LogP contribution in [0, 0.1) is 5.82 Å². The molecule has 0 aliphatic carbocycles. The first-order valence-corrected chi connectivity index (χ1v) is 10.1. The van der Waals surface area contributed by atoms with Crippen molar-refractivity contribution in [2.75, 3.05) is 13.1 Å². The highest BCUT2D eigenvalue weighted by Crippen LogP contribution is 2.19. The van der Waals surface area contributed by atoms with E-state index >= 15 is 0 Å². The van der Waals surface area contributed by atoms with Gasteiger partial charge in [0.05, 0.1) is 17.9 Å². The summed E-state index contributed by atoms with van der Waals surface area (Å²) in [5.74, 6) is 0.517. The van der Waals surface area contributed by atoms with E-state index in [4.69, 9.17) is 0 Å². The Kier molecular flexibility index (Phi) is 8.05. The van der Waals surface area contributed by atoms with E-state index in [1.54, 1.807) is 0 Å². The normalized spacial score (nSPS) is 11.4. The molecule has 162 valence electrons. The van der Waals surface area contributed by atoms with Crippen LogP contribution in [0.5, 0.6) is 0 Å². The van der Waals surface area contributed by atoms with Crippen molar-refractivity contribution >= 4 is 40.8 Å². The van der Waals surface area contributed by atoms with Crippen molar-refractivity contribution in [2.45, 2.75) is 19.9 Å². The number of benzene rings is 2. The summed E-state index contributed by atoms with van der Waals surface area (Å²) in [4.78, 5) is 7.78. The summed E-state index contributed by atoms with van der Waals surface area (Å²) in [6, 6.07) is 16.8. The molecule has 0 saturated heterocycles. The van der Waals surface area contributed by atoms with Crippen LogP contribution in [0.25, 0.3) is 16.6 Å².